The van der Waals surface area contributed by atoms with Crippen LogP contribution in [0.25, 0.3) is 0 Å². The van der Waals surface area contributed by atoms with E-state index in [1.54, 1.807) is 13.2 Å². The van der Waals surface area contributed by atoms with Gasteiger partial charge in [-0.2, -0.15) is 0 Å². The van der Waals surface area contributed by atoms with Crippen molar-refractivity contribution in [1.29, 1.82) is 0 Å². The molecule has 0 unspecified atom stereocenters. The minimum Gasteiger partial charge on any atom is -0.508 e. The highest BCUT2D eigenvalue weighted by Crippen LogP contribution is 2.62. The molecule has 2 aromatic carbocycles. The van der Waals surface area contributed by atoms with Crippen LogP contribution in [0.2, 0.25) is 0 Å². The summed E-state index contributed by atoms with van der Waals surface area (Å²) in [7, 11) is 1.66. The maximum absolute atomic E-state index is 13.7. The molecule has 11 nitrogen and oxygen atoms in total. The van der Waals surface area contributed by atoms with Gasteiger partial charge in [-0.1, -0.05) is 49.5 Å². The van der Waals surface area contributed by atoms with E-state index in [0.29, 0.717) is 48.1 Å². The highest BCUT2D eigenvalue weighted by Gasteiger charge is 2.54. The Balaban J connectivity index is 1.60. The summed E-state index contributed by atoms with van der Waals surface area (Å²) < 4.78 is 12.8. The Morgan fingerprint density at radius 1 is 1.12 bits per heavy atom. The maximum Gasteiger partial charge on any atom is 0.186 e. The molecule has 0 radical (unpaired) electrons. The molecule has 8 atom stereocenters. The van der Waals surface area contributed by atoms with Crippen molar-refractivity contribution in [2.24, 2.45) is 45.5 Å². The Bertz CT molecular complexity index is 1950. The summed E-state index contributed by atoms with van der Waals surface area (Å²) in [6, 6.07) is 8.80. The summed E-state index contributed by atoms with van der Waals surface area (Å²) in [4.78, 5) is 18.4. The number of carbonyl (C=O) groups excluding carboxylic acids is 1. The highest BCUT2D eigenvalue weighted by molar-refractivity contribution is 5.90. The molecule has 2 saturated carbocycles. The van der Waals surface area contributed by atoms with Gasteiger partial charge in [-0.05, 0) is 123 Å². The van der Waals surface area contributed by atoms with E-state index >= 15 is 0 Å². The van der Waals surface area contributed by atoms with Crippen molar-refractivity contribution in [2.45, 2.75) is 115 Å². The number of carbonyl (C=O) groups is 1. The number of aliphatic hydroxyl groups is 3. The van der Waals surface area contributed by atoms with Crippen LogP contribution in [0, 0.1) is 40.9 Å². The normalized spacial score (nSPS) is 27.4. The number of methoxy groups -OCH3 is 1. The van der Waals surface area contributed by atoms with E-state index in [2.05, 4.69) is 29.8 Å². The Hall–Kier alpha value is -4.34. The SMILES string of the molecule is CC[C@@H](CCO)/C(=C/C(=O)CCc1cc(OC2CCCC2)c(O)c2c1C#CC[C@H](N=C(N)N)C[C@]1(CO)C=C3[C@@H](c4cccc(O)c4)C[C@H](C)C[C@@H]3[C@@H]2[C@H]1COC)CO. The fourth-order valence-electron chi connectivity index (χ4n) is 10.8. The number of ketones is 1. The van der Waals surface area contributed by atoms with Crippen LogP contribution in [-0.2, 0) is 16.0 Å². The topological polar surface area (TPSA) is 201 Å². The summed E-state index contributed by atoms with van der Waals surface area (Å²) in [6.07, 6.45) is 11.4. The van der Waals surface area contributed by atoms with Gasteiger partial charge in [0, 0.05) is 60.9 Å². The van der Waals surface area contributed by atoms with E-state index in [1.807, 2.05) is 31.2 Å². The third-order valence-corrected chi connectivity index (χ3v) is 13.6. The molecule has 6 rings (SSSR count). The molecule has 0 amide bonds. The van der Waals surface area contributed by atoms with Crippen molar-refractivity contribution in [3.8, 4) is 29.1 Å². The number of fused-ring (bicyclic) bond motifs is 6. The van der Waals surface area contributed by atoms with Crippen molar-refractivity contribution in [1.82, 2.24) is 0 Å². The summed E-state index contributed by atoms with van der Waals surface area (Å²) in [5, 5.41) is 55.0. The molecule has 0 aliphatic heterocycles. The maximum atomic E-state index is 13.7. The first kappa shape index (κ1) is 44.2. The van der Waals surface area contributed by atoms with E-state index in [1.165, 1.54) is 6.08 Å². The minimum atomic E-state index is -0.900. The molecule has 11 heteroatoms. The van der Waals surface area contributed by atoms with Crippen molar-refractivity contribution >= 4 is 11.7 Å². The molecule has 2 bridgehead atoms. The van der Waals surface area contributed by atoms with E-state index < -0.39 is 17.4 Å². The predicted molar refractivity (Wildman–Crippen MR) is 229 cm³/mol. The molecule has 2 aromatic rings. The number of aryl methyl sites for hydroxylation is 1. The standard InChI is InChI=1S/C48H65N3O8/c1-4-30(17-18-52)33(26-53)22-36(56)16-15-32-23-43(59-37-12-5-6-13-37)46(57)45-38(32)14-8-10-34(51-47(49)50)24-48(28-54)25-41-39(31-9-7-11-35(55)21-31)19-29(2)20-40(41)44(45)42(48)27-58-3/h7,9,11,21-23,25,29-30,34,37,39-40,42,44,52-55,57H,4-6,10,12-13,15-20,24,26-28H2,1-3H3,(H4,49,50,51)/b33-22+/t29-,30-,34-,39+,40-,42+,44+,48+/m0/s1. The first-order chi connectivity index (χ1) is 28.4. The largest absolute Gasteiger partial charge is 0.508 e. The van der Waals surface area contributed by atoms with Gasteiger partial charge in [0.2, 0.25) is 0 Å². The number of phenols is 2. The van der Waals surface area contributed by atoms with Crippen molar-refractivity contribution in [3.63, 3.8) is 0 Å². The fraction of sp³-hybridized carbons (Fsp3) is 0.583. The zero-order chi connectivity index (χ0) is 42.3. The van der Waals surface area contributed by atoms with Crippen molar-refractivity contribution in [2.75, 3.05) is 33.5 Å². The van der Waals surface area contributed by atoms with Gasteiger partial charge in [0.1, 0.15) is 5.75 Å². The van der Waals surface area contributed by atoms with Crippen LogP contribution in [0.5, 0.6) is 17.2 Å². The number of hydrogen-bond acceptors (Lipinski definition) is 9. The van der Waals surface area contributed by atoms with E-state index in [4.69, 9.17) is 20.9 Å². The molecule has 4 aliphatic carbocycles. The van der Waals surface area contributed by atoms with Crippen LogP contribution >= 0.6 is 0 Å². The lowest BCUT2D eigenvalue weighted by Crippen LogP contribution is -2.49. The lowest BCUT2D eigenvalue weighted by molar-refractivity contribution is -0.114. The summed E-state index contributed by atoms with van der Waals surface area (Å²) in [5.41, 5.74) is 15.9. The predicted octanol–water partition coefficient (Wildman–Crippen LogP) is 6.13. The molecule has 59 heavy (non-hydrogen) atoms. The Labute approximate surface area is 349 Å². The van der Waals surface area contributed by atoms with Gasteiger partial charge in [-0.25, -0.2) is 4.99 Å². The van der Waals surface area contributed by atoms with Crippen LogP contribution in [0.15, 0.2) is 58.6 Å². The fourth-order valence-corrected chi connectivity index (χ4v) is 10.8. The van der Waals surface area contributed by atoms with Gasteiger partial charge < -0.3 is 46.5 Å². The third-order valence-electron chi connectivity index (χ3n) is 13.6. The number of aliphatic imine (C=N–C) groups is 1. The summed E-state index contributed by atoms with van der Waals surface area (Å²) >= 11 is 0. The molecule has 0 spiro atoms. The molecular weight excluding hydrogens is 747 g/mol. The van der Waals surface area contributed by atoms with Crippen molar-refractivity contribution < 1.29 is 39.8 Å². The second-order valence-corrected chi connectivity index (χ2v) is 17.5. The van der Waals surface area contributed by atoms with Crippen LogP contribution < -0.4 is 16.2 Å². The number of aliphatic hydroxyl groups excluding tert-OH is 3. The Kier molecular flexibility index (Phi) is 14.9. The summed E-state index contributed by atoms with van der Waals surface area (Å²) in [5.74, 6) is 6.41. The first-order valence-corrected chi connectivity index (χ1v) is 21.6. The number of hydrogen-bond donors (Lipinski definition) is 7. The number of benzene rings is 2. The quantitative estimate of drug-likeness (QED) is 0.0340. The monoisotopic (exact) mass is 811 g/mol. The molecule has 0 aromatic heterocycles. The third kappa shape index (κ3) is 9.84. The molecule has 0 saturated heterocycles. The Morgan fingerprint density at radius 3 is 2.56 bits per heavy atom. The van der Waals surface area contributed by atoms with Gasteiger partial charge in [-0.3, -0.25) is 4.79 Å². The Morgan fingerprint density at radius 2 is 1.90 bits per heavy atom. The van der Waals surface area contributed by atoms with Crippen LogP contribution in [0.4, 0.5) is 0 Å². The summed E-state index contributed by atoms with van der Waals surface area (Å²) in [6.45, 7) is 3.95. The number of guanidine groups is 1. The zero-order valence-electron chi connectivity index (χ0n) is 35.0. The van der Waals surface area contributed by atoms with Gasteiger partial charge in [0.25, 0.3) is 0 Å². The van der Waals surface area contributed by atoms with Gasteiger partial charge in [-0.15, -0.1) is 0 Å². The average Bonchev–Trinajstić information content (AvgIpc) is 3.73. The smallest absolute Gasteiger partial charge is 0.186 e. The highest BCUT2D eigenvalue weighted by atomic mass is 16.5. The molecule has 9 N–H and O–H groups in total. The van der Waals surface area contributed by atoms with E-state index in [9.17, 15) is 30.3 Å². The first-order valence-electron chi connectivity index (χ1n) is 21.6. The number of phenolic OH excluding ortho intramolecular Hbond substituents is 2. The van der Waals surface area contributed by atoms with Gasteiger partial charge in [0.05, 0.1) is 32.0 Å². The molecular formula is C48H65N3O8. The molecule has 2 fully saturated rings. The number of aromatic hydroxyl groups is 2. The molecule has 4 aliphatic rings. The number of ether oxygens (including phenoxy) is 2. The number of allylic oxidation sites excluding steroid dienone is 2. The van der Waals surface area contributed by atoms with Gasteiger partial charge in [0.15, 0.2) is 23.2 Å². The lowest BCUT2D eigenvalue weighted by Gasteiger charge is -2.54. The van der Waals surface area contributed by atoms with Crippen LogP contribution in [0.3, 0.4) is 0 Å². The molecule has 320 valence electrons. The number of rotatable bonds is 16. The second-order valence-electron chi connectivity index (χ2n) is 17.5. The van der Waals surface area contributed by atoms with Gasteiger partial charge >= 0.3 is 0 Å². The van der Waals surface area contributed by atoms with E-state index in [-0.39, 0.29) is 98.2 Å². The van der Waals surface area contributed by atoms with Crippen LogP contribution in [0.1, 0.15) is 119 Å². The zero-order valence-corrected chi connectivity index (χ0v) is 35.0. The van der Waals surface area contributed by atoms with Crippen LogP contribution in [-0.4, -0.2) is 83.0 Å². The lowest BCUT2D eigenvalue weighted by atomic mass is 9.51. The average molecular weight is 812 g/mol. The minimum absolute atomic E-state index is 0.0289. The van der Waals surface area contributed by atoms with E-state index in [0.717, 1.165) is 55.2 Å². The van der Waals surface area contributed by atoms with Crippen molar-refractivity contribution in [3.05, 3.63) is 75.9 Å². The second kappa shape index (κ2) is 19.8. The number of nitrogens with two attached hydrogens (primary N) is 2. The number of nitrogens with zero attached hydrogens (tertiary/aromatic N) is 1. The molecule has 0 heterocycles.